The number of H-pyrrole nitrogens is 1. The van der Waals surface area contributed by atoms with Gasteiger partial charge in [0, 0.05) is 12.5 Å². The highest BCUT2D eigenvalue weighted by atomic mass is 32.2. The molecule has 1 N–H and O–H groups in total. The number of hydrogen-bond donors (Lipinski definition) is 1. The molecule has 0 saturated carbocycles. The third-order valence-corrected chi connectivity index (χ3v) is 4.60. The molecular weight excluding hydrogens is 308 g/mol. The molecule has 8 heteroatoms. The molecule has 0 aliphatic rings. The number of benzene rings is 1. The molecule has 0 unspecified atom stereocenters. The van der Waals surface area contributed by atoms with E-state index in [9.17, 15) is 8.42 Å². The van der Waals surface area contributed by atoms with Crippen LogP contribution in [0.3, 0.4) is 0 Å². The van der Waals surface area contributed by atoms with Gasteiger partial charge in [-0.15, -0.1) is 0 Å². The van der Waals surface area contributed by atoms with E-state index < -0.39 is 9.84 Å². The minimum atomic E-state index is -3.32. The summed E-state index contributed by atoms with van der Waals surface area (Å²) in [6.45, 7) is 0.453. The quantitative estimate of drug-likeness (QED) is 0.746. The Kier molecular flexibility index (Phi) is 3.34. The van der Waals surface area contributed by atoms with Crippen molar-refractivity contribution in [2.75, 3.05) is 6.26 Å². The second-order valence-electron chi connectivity index (χ2n) is 4.64. The summed E-state index contributed by atoms with van der Waals surface area (Å²) in [5.74, 6) is 0. The predicted octanol–water partition coefficient (Wildman–Crippen LogP) is 1.94. The molecule has 0 atom stereocenters. The van der Waals surface area contributed by atoms with E-state index in [2.05, 4.69) is 15.0 Å². The molecule has 3 rings (SSSR count). The molecule has 0 radical (unpaired) electrons. The van der Waals surface area contributed by atoms with Crippen molar-refractivity contribution in [1.82, 2.24) is 19.5 Å². The summed E-state index contributed by atoms with van der Waals surface area (Å²) in [6, 6.07) is 6.90. The van der Waals surface area contributed by atoms with Gasteiger partial charge in [0.05, 0.1) is 28.2 Å². The molecular formula is C13H12N4O2S2. The minimum Gasteiger partial charge on any atom is -0.329 e. The molecule has 6 nitrogen and oxygen atoms in total. The molecule has 1 aromatic carbocycles. The van der Waals surface area contributed by atoms with E-state index in [1.165, 1.54) is 12.6 Å². The van der Waals surface area contributed by atoms with E-state index in [0.29, 0.717) is 16.8 Å². The Hall–Kier alpha value is -2.06. The van der Waals surface area contributed by atoms with Gasteiger partial charge in [-0.3, -0.25) is 0 Å². The van der Waals surface area contributed by atoms with Crippen LogP contribution >= 0.6 is 12.2 Å². The number of hydrogen-bond acceptors (Lipinski definition) is 5. The van der Waals surface area contributed by atoms with Gasteiger partial charge in [0.1, 0.15) is 6.33 Å². The number of fused-ring (bicyclic) bond motifs is 1. The number of sulfone groups is 1. The van der Waals surface area contributed by atoms with Crippen LogP contribution in [0.4, 0.5) is 0 Å². The lowest BCUT2D eigenvalue weighted by molar-refractivity contribution is 0.602. The van der Waals surface area contributed by atoms with Crippen LogP contribution in [0.5, 0.6) is 0 Å². The largest absolute Gasteiger partial charge is 0.329 e. The normalized spacial score (nSPS) is 11.9. The molecule has 108 valence electrons. The van der Waals surface area contributed by atoms with Gasteiger partial charge in [0.25, 0.3) is 0 Å². The molecule has 2 aromatic heterocycles. The van der Waals surface area contributed by atoms with Crippen LogP contribution in [0.25, 0.3) is 11.0 Å². The maximum Gasteiger partial charge on any atom is 0.178 e. The molecule has 0 spiro atoms. The van der Waals surface area contributed by atoms with Crippen LogP contribution in [0.2, 0.25) is 0 Å². The van der Waals surface area contributed by atoms with Gasteiger partial charge in [0.2, 0.25) is 0 Å². The first-order valence-corrected chi connectivity index (χ1v) is 8.43. The number of nitrogens with one attached hydrogen (secondary N) is 1. The fourth-order valence-electron chi connectivity index (χ4n) is 2.19. The summed E-state index contributed by atoms with van der Waals surface area (Å²) < 4.78 is 26.0. The van der Waals surface area contributed by atoms with Gasteiger partial charge in [-0.25, -0.2) is 18.4 Å². The van der Waals surface area contributed by atoms with Crippen LogP contribution in [0, 0.1) is 4.77 Å². The van der Waals surface area contributed by atoms with Gasteiger partial charge >= 0.3 is 0 Å². The van der Waals surface area contributed by atoms with E-state index in [-0.39, 0.29) is 4.90 Å². The smallest absolute Gasteiger partial charge is 0.178 e. The highest BCUT2D eigenvalue weighted by Gasteiger charge is 2.15. The molecule has 0 bridgehead atoms. The second kappa shape index (κ2) is 5.05. The van der Waals surface area contributed by atoms with Crippen LogP contribution in [0.1, 0.15) is 5.69 Å². The summed E-state index contributed by atoms with van der Waals surface area (Å²) in [5.41, 5.74) is 2.06. The van der Waals surface area contributed by atoms with Crippen molar-refractivity contribution >= 4 is 33.1 Å². The Morgan fingerprint density at radius 2 is 2.14 bits per heavy atom. The third-order valence-electron chi connectivity index (χ3n) is 3.13. The summed E-state index contributed by atoms with van der Waals surface area (Å²) in [6.07, 6.45) is 4.30. The molecule has 0 amide bonds. The summed E-state index contributed by atoms with van der Waals surface area (Å²) in [4.78, 5) is 11.3. The minimum absolute atomic E-state index is 0.243. The number of nitrogens with zero attached hydrogens (tertiary/aromatic N) is 3. The topological polar surface area (TPSA) is 80.6 Å². The lowest BCUT2D eigenvalue weighted by Crippen LogP contribution is -2.02. The Morgan fingerprint density at radius 1 is 1.33 bits per heavy atom. The zero-order valence-corrected chi connectivity index (χ0v) is 12.8. The lowest BCUT2D eigenvalue weighted by Gasteiger charge is -2.04. The second-order valence-corrected chi connectivity index (χ2v) is 7.01. The van der Waals surface area contributed by atoms with Crippen LogP contribution in [-0.2, 0) is 16.4 Å². The van der Waals surface area contributed by atoms with Crippen molar-refractivity contribution in [2.45, 2.75) is 11.4 Å². The van der Waals surface area contributed by atoms with Crippen molar-refractivity contribution in [1.29, 1.82) is 0 Å². The van der Waals surface area contributed by atoms with Crippen molar-refractivity contribution in [3.63, 3.8) is 0 Å². The van der Waals surface area contributed by atoms with Gasteiger partial charge in [-0.2, -0.15) is 0 Å². The maximum absolute atomic E-state index is 11.8. The molecule has 2 heterocycles. The van der Waals surface area contributed by atoms with Gasteiger partial charge in [-0.1, -0.05) is 6.07 Å². The summed E-state index contributed by atoms with van der Waals surface area (Å²) in [5, 5.41) is 0. The number of aromatic amines is 1. The first-order valence-electron chi connectivity index (χ1n) is 6.13. The number of imidazole rings is 1. The zero-order valence-electron chi connectivity index (χ0n) is 11.1. The molecule has 21 heavy (non-hydrogen) atoms. The molecule has 0 saturated heterocycles. The van der Waals surface area contributed by atoms with E-state index in [0.717, 1.165) is 11.2 Å². The molecule has 0 aliphatic heterocycles. The highest BCUT2D eigenvalue weighted by molar-refractivity contribution is 7.91. The molecule has 0 aliphatic carbocycles. The van der Waals surface area contributed by atoms with Crippen LogP contribution in [0.15, 0.2) is 41.7 Å². The monoisotopic (exact) mass is 320 g/mol. The van der Waals surface area contributed by atoms with E-state index >= 15 is 0 Å². The van der Waals surface area contributed by atoms with Crippen molar-refractivity contribution in [2.24, 2.45) is 0 Å². The highest BCUT2D eigenvalue weighted by Crippen LogP contribution is 2.23. The lowest BCUT2D eigenvalue weighted by atomic mass is 10.3. The van der Waals surface area contributed by atoms with Crippen molar-refractivity contribution < 1.29 is 8.42 Å². The first kappa shape index (κ1) is 13.9. The standard InChI is InChI=1S/C13H12N4O2S2/c1-21(18,19)11-4-2-3-10-12(11)16-13(20)17(10)7-9-5-6-14-8-15-9/h2-6,8H,7H2,1H3,(H,16,20). The van der Waals surface area contributed by atoms with Gasteiger partial charge in [0.15, 0.2) is 14.6 Å². The predicted molar refractivity (Wildman–Crippen MR) is 81.4 cm³/mol. The fourth-order valence-corrected chi connectivity index (χ4v) is 3.31. The molecule has 3 aromatic rings. The zero-order chi connectivity index (χ0) is 15.0. The van der Waals surface area contributed by atoms with Crippen LogP contribution < -0.4 is 0 Å². The van der Waals surface area contributed by atoms with Gasteiger partial charge in [-0.05, 0) is 30.4 Å². The third kappa shape index (κ3) is 2.59. The van der Waals surface area contributed by atoms with Gasteiger partial charge < -0.3 is 9.55 Å². The fraction of sp³-hybridized carbons (Fsp3) is 0.154. The van der Waals surface area contributed by atoms with Crippen LogP contribution in [-0.4, -0.2) is 34.2 Å². The average Bonchev–Trinajstić information content (AvgIpc) is 2.75. The Morgan fingerprint density at radius 3 is 2.81 bits per heavy atom. The van der Waals surface area contributed by atoms with E-state index in [1.54, 1.807) is 24.4 Å². The number of rotatable bonds is 3. The Labute approximate surface area is 126 Å². The first-order chi connectivity index (χ1) is 9.97. The van der Waals surface area contributed by atoms with Crippen molar-refractivity contribution in [3.8, 4) is 0 Å². The van der Waals surface area contributed by atoms with E-state index in [4.69, 9.17) is 12.2 Å². The summed E-state index contributed by atoms with van der Waals surface area (Å²) >= 11 is 5.30. The SMILES string of the molecule is CS(=O)(=O)c1cccc2c1[nH]c(=S)n2Cc1ccncn1. The van der Waals surface area contributed by atoms with E-state index in [1.807, 2.05) is 10.6 Å². The van der Waals surface area contributed by atoms with Crippen molar-refractivity contribution in [3.05, 3.63) is 47.3 Å². The molecule has 0 fully saturated rings. The number of para-hydroxylation sites is 1. The Balaban J connectivity index is 2.22. The number of aromatic nitrogens is 4. The summed E-state index contributed by atoms with van der Waals surface area (Å²) in [7, 11) is -3.32. The Bertz CT molecular complexity index is 959. The average molecular weight is 320 g/mol. The maximum atomic E-state index is 11.8.